The third-order valence-electron chi connectivity index (χ3n) is 5.36. The molecular formula is C24H34O6. The van der Waals surface area contributed by atoms with E-state index in [2.05, 4.69) is 0 Å². The highest BCUT2D eigenvalue weighted by Gasteiger charge is 2.57. The molecule has 0 amide bonds. The molecule has 1 fully saturated rings. The maximum atomic E-state index is 13.1. The second-order valence-electron chi connectivity index (χ2n) is 9.44. The smallest absolute Gasteiger partial charge is 0.317 e. The van der Waals surface area contributed by atoms with Crippen molar-refractivity contribution in [3.8, 4) is 0 Å². The number of benzene rings is 1. The Balaban J connectivity index is 2.51. The number of carbonyl (C=O) groups excluding carboxylic acids is 3. The van der Waals surface area contributed by atoms with Gasteiger partial charge in [-0.1, -0.05) is 57.5 Å². The number of carbonyl (C=O) groups is 3. The molecular weight excluding hydrogens is 384 g/mol. The molecule has 4 atom stereocenters. The summed E-state index contributed by atoms with van der Waals surface area (Å²) in [5.74, 6) is -4.54. The van der Waals surface area contributed by atoms with Crippen LogP contribution in [0.2, 0.25) is 0 Å². The molecule has 1 aliphatic carbocycles. The van der Waals surface area contributed by atoms with Gasteiger partial charge in [0.1, 0.15) is 5.92 Å². The molecule has 0 saturated heterocycles. The topological polar surface area (TPSA) is 89.9 Å². The summed E-state index contributed by atoms with van der Waals surface area (Å²) < 4.78 is 10.8. The fraction of sp³-hybridized carbons (Fsp3) is 0.625. The Hall–Kier alpha value is -2.21. The minimum atomic E-state index is -1.63. The summed E-state index contributed by atoms with van der Waals surface area (Å²) >= 11 is 0. The Bertz CT molecular complexity index is 762. The standard InChI is InChI=1S/C24H34O6/c1-14(2)12-29-22(26)20-18(25)11-24(6,28)21(23(27)30-13-15(3)4)19(20)17-9-7-16(5)8-10-17/h7-10,14-15,19-21,28H,11-13H2,1-6H3/t19-,20-,21-,24+/m1/s1. The van der Waals surface area contributed by atoms with Gasteiger partial charge in [0, 0.05) is 12.3 Å². The van der Waals surface area contributed by atoms with E-state index in [0.717, 1.165) is 5.56 Å². The molecule has 0 spiro atoms. The minimum Gasteiger partial charge on any atom is -0.465 e. The van der Waals surface area contributed by atoms with Gasteiger partial charge >= 0.3 is 11.9 Å². The summed E-state index contributed by atoms with van der Waals surface area (Å²) in [6.07, 6.45) is -0.307. The molecule has 1 aliphatic rings. The molecule has 0 aliphatic heterocycles. The van der Waals surface area contributed by atoms with Gasteiger partial charge in [0.25, 0.3) is 0 Å². The monoisotopic (exact) mass is 418 g/mol. The highest BCUT2D eigenvalue weighted by Crippen LogP contribution is 2.46. The Labute approximate surface area is 179 Å². The first-order chi connectivity index (χ1) is 13.9. The van der Waals surface area contributed by atoms with Crippen molar-refractivity contribution in [1.29, 1.82) is 0 Å². The SMILES string of the molecule is Cc1ccc([C@@H]2[C@H](C(=O)OCC(C)C)C(=O)C[C@](C)(O)[C@H]2C(=O)OCC(C)C)cc1. The highest BCUT2D eigenvalue weighted by atomic mass is 16.5. The highest BCUT2D eigenvalue weighted by molar-refractivity contribution is 6.02. The number of aliphatic hydroxyl groups is 1. The van der Waals surface area contributed by atoms with Gasteiger partial charge in [0.05, 0.1) is 24.7 Å². The number of esters is 2. The number of ketones is 1. The van der Waals surface area contributed by atoms with E-state index in [9.17, 15) is 19.5 Å². The van der Waals surface area contributed by atoms with Crippen LogP contribution in [0.5, 0.6) is 0 Å². The first-order valence-corrected chi connectivity index (χ1v) is 10.6. The van der Waals surface area contributed by atoms with Crippen LogP contribution in [0.1, 0.15) is 58.1 Å². The van der Waals surface area contributed by atoms with Crippen molar-refractivity contribution in [3.63, 3.8) is 0 Å². The Morgan fingerprint density at radius 3 is 2.03 bits per heavy atom. The zero-order valence-corrected chi connectivity index (χ0v) is 18.8. The van der Waals surface area contributed by atoms with Crippen LogP contribution in [0.25, 0.3) is 0 Å². The molecule has 0 aromatic heterocycles. The summed E-state index contributed by atoms with van der Waals surface area (Å²) in [4.78, 5) is 39.0. The molecule has 1 aromatic rings. The van der Waals surface area contributed by atoms with E-state index in [4.69, 9.17) is 9.47 Å². The van der Waals surface area contributed by atoms with E-state index in [1.807, 2.05) is 46.8 Å². The lowest BCUT2D eigenvalue weighted by atomic mass is 9.61. The summed E-state index contributed by atoms with van der Waals surface area (Å²) in [5.41, 5.74) is 0.00708. The predicted octanol–water partition coefficient (Wildman–Crippen LogP) is 3.43. The summed E-state index contributed by atoms with van der Waals surface area (Å²) in [6.45, 7) is 11.4. The van der Waals surface area contributed by atoms with E-state index in [1.165, 1.54) is 6.92 Å². The Kier molecular flexibility index (Phi) is 7.81. The van der Waals surface area contributed by atoms with Crippen LogP contribution in [0.15, 0.2) is 24.3 Å². The lowest BCUT2D eigenvalue weighted by Gasteiger charge is -2.43. The third kappa shape index (κ3) is 5.69. The number of Topliss-reactive ketones (excluding diaryl/α,β-unsaturated/α-hetero) is 1. The second-order valence-corrected chi connectivity index (χ2v) is 9.44. The van der Waals surface area contributed by atoms with Crippen LogP contribution in [0, 0.1) is 30.6 Å². The molecule has 1 aromatic carbocycles. The third-order valence-corrected chi connectivity index (χ3v) is 5.36. The van der Waals surface area contributed by atoms with Gasteiger partial charge in [0.15, 0.2) is 5.78 Å². The predicted molar refractivity (Wildman–Crippen MR) is 113 cm³/mol. The van der Waals surface area contributed by atoms with Crippen molar-refractivity contribution in [2.75, 3.05) is 13.2 Å². The van der Waals surface area contributed by atoms with Gasteiger partial charge in [-0.05, 0) is 31.2 Å². The summed E-state index contributed by atoms with van der Waals surface area (Å²) in [7, 11) is 0. The Morgan fingerprint density at radius 1 is 1.03 bits per heavy atom. The summed E-state index contributed by atoms with van der Waals surface area (Å²) in [5, 5.41) is 11.1. The fourth-order valence-corrected chi connectivity index (χ4v) is 3.88. The molecule has 1 saturated carbocycles. The van der Waals surface area contributed by atoms with Crippen LogP contribution in [-0.4, -0.2) is 41.6 Å². The quantitative estimate of drug-likeness (QED) is 0.539. The molecule has 0 heterocycles. The molecule has 6 heteroatoms. The minimum absolute atomic E-state index is 0.111. The van der Waals surface area contributed by atoms with Crippen LogP contribution in [0.4, 0.5) is 0 Å². The number of hydrogen-bond acceptors (Lipinski definition) is 6. The van der Waals surface area contributed by atoms with Crippen LogP contribution < -0.4 is 0 Å². The average molecular weight is 419 g/mol. The van der Waals surface area contributed by atoms with E-state index in [-0.39, 0.29) is 31.5 Å². The number of rotatable bonds is 7. The van der Waals surface area contributed by atoms with Crippen molar-refractivity contribution < 1.29 is 29.0 Å². The van der Waals surface area contributed by atoms with E-state index in [0.29, 0.717) is 5.56 Å². The second kappa shape index (κ2) is 9.73. The van der Waals surface area contributed by atoms with Crippen LogP contribution in [-0.2, 0) is 23.9 Å². The van der Waals surface area contributed by atoms with Crippen molar-refractivity contribution in [1.82, 2.24) is 0 Å². The first kappa shape index (κ1) is 24.1. The van der Waals surface area contributed by atoms with Gasteiger partial charge in [-0.25, -0.2) is 0 Å². The first-order valence-electron chi connectivity index (χ1n) is 10.6. The van der Waals surface area contributed by atoms with Gasteiger partial charge < -0.3 is 14.6 Å². The van der Waals surface area contributed by atoms with Crippen LogP contribution in [0.3, 0.4) is 0 Å². The zero-order valence-electron chi connectivity index (χ0n) is 18.8. The van der Waals surface area contributed by atoms with E-state index >= 15 is 0 Å². The average Bonchev–Trinajstić information content (AvgIpc) is 2.63. The van der Waals surface area contributed by atoms with Gasteiger partial charge in [-0.15, -0.1) is 0 Å². The normalized spacial score (nSPS) is 26.7. The summed E-state index contributed by atoms with van der Waals surface area (Å²) in [6, 6.07) is 7.30. The molecule has 0 unspecified atom stereocenters. The van der Waals surface area contributed by atoms with Crippen molar-refractivity contribution in [2.45, 2.75) is 59.5 Å². The molecule has 6 nitrogen and oxygen atoms in total. The van der Waals surface area contributed by atoms with Crippen LogP contribution >= 0.6 is 0 Å². The van der Waals surface area contributed by atoms with E-state index < -0.39 is 41.1 Å². The van der Waals surface area contributed by atoms with Gasteiger partial charge in [0.2, 0.25) is 0 Å². The molecule has 0 bridgehead atoms. The van der Waals surface area contributed by atoms with Crippen molar-refractivity contribution in [2.24, 2.45) is 23.7 Å². The van der Waals surface area contributed by atoms with Gasteiger partial charge in [-0.2, -0.15) is 0 Å². The fourth-order valence-electron chi connectivity index (χ4n) is 3.88. The molecule has 1 N–H and O–H groups in total. The van der Waals surface area contributed by atoms with Crippen molar-refractivity contribution >= 4 is 17.7 Å². The Morgan fingerprint density at radius 2 is 1.53 bits per heavy atom. The van der Waals surface area contributed by atoms with E-state index in [1.54, 1.807) is 12.1 Å². The molecule has 0 radical (unpaired) electrons. The maximum absolute atomic E-state index is 13.1. The molecule has 166 valence electrons. The number of hydrogen-bond donors (Lipinski definition) is 1. The van der Waals surface area contributed by atoms with Gasteiger partial charge in [-0.3, -0.25) is 14.4 Å². The lowest BCUT2D eigenvalue weighted by Crippen LogP contribution is -2.55. The number of ether oxygens (including phenoxy) is 2. The maximum Gasteiger partial charge on any atom is 0.317 e. The number of aryl methyl sites for hydroxylation is 1. The zero-order chi connectivity index (χ0) is 22.6. The largest absolute Gasteiger partial charge is 0.465 e. The molecule has 30 heavy (non-hydrogen) atoms. The molecule has 2 rings (SSSR count). The lowest BCUT2D eigenvalue weighted by molar-refractivity contribution is -0.173. The van der Waals surface area contributed by atoms with Crippen molar-refractivity contribution in [3.05, 3.63) is 35.4 Å².